The molecule has 7 heteroatoms. The Balaban J connectivity index is 1.89. The van der Waals surface area contributed by atoms with Gasteiger partial charge < -0.3 is 15.2 Å². The largest absolute Gasteiger partial charge is 0.481 e. The van der Waals surface area contributed by atoms with Crippen molar-refractivity contribution in [3.05, 3.63) is 0 Å². The molecule has 18 heavy (non-hydrogen) atoms. The number of amides is 1. The second kappa shape index (κ2) is 5.90. The predicted octanol–water partition coefficient (Wildman–Crippen LogP) is -0.353. The van der Waals surface area contributed by atoms with Gasteiger partial charge in [-0.1, -0.05) is 0 Å². The zero-order chi connectivity index (χ0) is 13.0. The molecule has 102 valence electrons. The lowest BCUT2D eigenvalue weighted by Gasteiger charge is -2.33. The summed E-state index contributed by atoms with van der Waals surface area (Å²) >= 11 is 1.67. The van der Waals surface area contributed by atoms with E-state index in [9.17, 15) is 14.7 Å². The van der Waals surface area contributed by atoms with Gasteiger partial charge in [-0.05, 0) is 12.8 Å². The maximum atomic E-state index is 11.8. The summed E-state index contributed by atoms with van der Waals surface area (Å²) in [5.74, 6) is 0.567. The van der Waals surface area contributed by atoms with E-state index in [1.54, 1.807) is 11.8 Å². The molecule has 0 bridgehead atoms. The Kier molecular flexibility index (Phi) is 4.47. The van der Waals surface area contributed by atoms with Gasteiger partial charge in [-0.3, -0.25) is 14.9 Å². The van der Waals surface area contributed by atoms with Crippen LogP contribution in [0.4, 0.5) is 0 Å². The molecule has 0 radical (unpaired) electrons. The van der Waals surface area contributed by atoms with Gasteiger partial charge in [0.2, 0.25) is 5.91 Å². The summed E-state index contributed by atoms with van der Waals surface area (Å²) in [4.78, 5) is 23.2. The Bertz CT molecular complexity index is 325. The average Bonchev–Trinajstić information content (AvgIpc) is 2.91. The van der Waals surface area contributed by atoms with Gasteiger partial charge in [0.15, 0.2) is 0 Å². The monoisotopic (exact) mass is 274 g/mol. The predicted molar refractivity (Wildman–Crippen MR) is 67.4 cm³/mol. The molecule has 2 aliphatic heterocycles. The lowest BCUT2D eigenvalue weighted by molar-refractivity contribution is -0.154. The van der Waals surface area contributed by atoms with Crippen molar-refractivity contribution in [3.8, 4) is 0 Å². The van der Waals surface area contributed by atoms with E-state index in [4.69, 9.17) is 4.74 Å². The summed E-state index contributed by atoms with van der Waals surface area (Å²) in [6.45, 7) is 1.08. The molecular weight excluding hydrogens is 256 g/mol. The van der Waals surface area contributed by atoms with E-state index in [1.807, 2.05) is 0 Å². The SMILES string of the molecule is O=C(NCC1(C(=O)O)CCOCC1)C1CSCN1. The fourth-order valence-corrected chi connectivity index (χ4v) is 3.11. The Hall–Kier alpha value is -0.790. The van der Waals surface area contributed by atoms with Crippen LogP contribution in [-0.2, 0) is 14.3 Å². The number of carbonyl (C=O) groups excluding carboxylic acids is 1. The highest BCUT2D eigenvalue weighted by Gasteiger charge is 2.40. The molecule has 2 heterocycles. The second-order valence-corrected chi connectivity index (χ2v) is 5.72. The maximum absolute atomic E-state index is 11.8. The summed E-state index contributed by atoms with van der Waals surface area (Å²) in [5.41, 5.74) is -0.861. The number of hydrogen-bond donors (Lipinski definition) is 3. The number of nitrogens with one attached hydrogen (secondary N) is 2. The Labute approximate surface area is 110 Å². The average molecular weight is 274 g/mol. The van der Waals surface area contributed by atoms with Crippen molar-refractivity contribution in [2.75, 3.05) is 31.4 Å². The van der Waals surface area contributed by atoms with Gasteiger partial charge in [-0.25, -0.2) is 0 Å². The van der Waals surface area contributed by atoms with Crippen molar-refractivity contribution < 1.29 is 19.4 Å². The topological polar surface area (TPSA) is 87.7 Å². The number of carbonyl (C=O) groups is 2. The Morgan fingerprint density at radius 2 is 2.17 bits per heavy atom. The van der Waals surface area contributed by atoms with Crippen LogP contribution in [-0.4, -0.2) is 54.4 Å². The smallest absolute Gasteiger partial charge is 0.311 e. The van der Waals surface area contributed by atoms with Gasteiger partial charge in [-0.15, -0.1) is 11.8 Å². The van der Waals surface area contributed by atoms with Gasteiger partial charge in [0.25, 0.3) is 0 Å². The van der Waals surface area contributed by atoms with Crippen molar-refractivity contribution in [1.29, 1.82) is 0 Å². The first kappa shape index (κ1) is 13.6. The number of carboxylic acid groups (broad SMARTS) is 1. The molecule has 1 amide bonds. The van der Waals surface area contributed by atoms with Crippen molar-refractivity contribution in [2.24, 2.45) is 5.41 Å². The molecule has 1 atom stereocenters. The minimum atomic E-state index is -0.861. The van der Waals surface area contributed by atoms with Crippen molar-refractivity contribution in [2.45, 2.75) is 18.9 Å². The quantitative estimate of drug-likeness (QED) is 0.649. The van der Waals surface area contributed by atoms with Gasteiger partial charge >= 0.3 is 5.97 Å². The normalized spacial score (nSPS) is 26.8. The number of hydrogen-bond acceptors (Lipinski definition) is 5. The molecule has 0 aromatic rings. The van der Waals surface area contributed by atoms with E-state index >= 15 is 0 Å². The number of thioether (sulfide) groups is 1. The number of aliphatic carboxylic acids is 1. The standard InChI is InChI=1S/C11H18N2O4S/c14-9(8-5-18-7-13-8)12-6-11(10(15)16)1-3-17-4-2-11/h8,13H,1-7H2,(H,12,14)(H,15,16). The zero-order valence-electron chi connectivity index (χ0n) is 10.1. The molecule has 3 N–H and O–H groups in total. The Morgan fingerprint density at radius 3 is 2.72 bits per heavy atom. The molecule has 2 fully saturated rings. The summed E-state index contributed by atoms with van der Waals surface area (Å²) in [6, 6.07) is -0.194. The summed E-state index contributed by atoms with van der Waals surface area (Å²) < 4.78 is 5.19. The van der Waals surface area contributed by atoms with Crippen LogP contribution < -0.4 is 10.6 Å². The molecule has 2 aliphatic rings. The van der Waals surface area contributed by atoms with E-state index < -0.39 is 11.4 Å². The molecule has 2 saturated heterocycles. The lowest BCUT2D eigenvalue weighted by Crippen LogP contribution is -2.50. The maximum Gasteiger partial charge on any atom is 0.311 e. The van der Waals surface area contributed by atoms with Crippen LogP contribution >= 0.6 is 11.8 Å². The summed E-state index contributed by atoms with van der Waals surface area (Å²) in [6.07, 6.45) is 0.908. The molecule has 1 unspecified atom stereocenters. The zero-order valence-corrected chi connectivity index (χ0v) is 10.9. The molecule has 0 saturated carbocycles. The summed E-state index contributed by atoms with van der Waals surface area (Å²) in [7, 11) is 0. The van der Waals surface area contributed by atoms with Gasteiger partial charge in [0, 0.05) is 31.4 Å². The third-order valence-electron chi connectivity index (χ3n) is 3.54. The van der Waals surface area contributed by atoms with E-state index in [-0.39, 0.29) is 18.5 Å². The van der Waals surface area contributed by atoms with E-state index in [1.165, 1.54) is 0 Å². The minimum absolute atomic E-state index is 0.105. The van der Waals surface area contributed by atoms with Gasteiger partial charge in [-0.2, -0.15) is 0 Å². The highest BCUT2D eigenvalue weighted by molar-refractivity contribution is 7.99. The number of ether oxygens (including phenoxy) is 1. The lowest BCUT2D eigenvalue weighted by atomic mass is 9.80. The van der Waals surface area contributed by atoms with Crippen molar-refractivity contribution >= 4 is 23.6 Å². The van der Waals surface area contributed by atoms with Crippen LogP contribution in [0.25, 0.3) is 0 Å². The van der Waals surface area contributed by atoms with Crippen molar-refractivity contribution in [3.63, 3.8) is 0 Å². The Morgan fingerprint density at radius 1 is 1.44 bits per heavy atom. The van der Waals surface area contributed by atoms with E-state index in [0.29, 0.717) is 26.1 Å². The highest BCUT2D eigenvalue weighted by atomic mass is 32.2. The van der Waals surface area contributed by atoms with E-state index in [2.05, 4.69) is 10.6 Å². The van der Waals surface area contributed by atoms with Crippen LogP contribution in [0.2, 0.25) is 0 Å². The third-order valence-corrected chi connectivity index (χ3v) is 4.48. The van der Waals surface area contributed by atoms with Crippen molar-refractivity contribution in [1.82, 2.24) is 10.6 Å². The molecule has 0 aromatic heterocycles. The summed E-state index contributed by atoms with van der Waals surface area (Å²) in [5, 5.41) is 15.2. The fraction of sp³-hybridized carbons (Fsp3) is 0.818. The van der Waals surface area contributed by atoms with Crippen LogP contribution in [0, 0.1) is 5.41 Å². The number of carboxylic acids is 1. The molecule has 0 spiro atoms. The van der Waals surface area contributed by atoms with Gasteiger partial charge in [0.1, 0.15) is 0 Å². The fourth-order valence-electron chi connectivity index (χ4n) is 2.17. The minimum Gasteiger partial charge on any atom is -0.481 e. The first-order valence-electron chi connectivity index (χ1n) is 6.04. The van der Waals surface area contributed by atoms with Gasteiger partial charge in [0.05, 0.1) is 11.5 Å². The third kappa shape index (κ3) is 2.96. The molecule has 2 rings (SSSR count). The van der Waals surface area contributed by atoms with Crippen LogP contribution in [0.3, 0.4) is 0 Å². The second-order valence-electron chi connectivity index (χ2n) is 4.69. The molecule has 0 aromatic carbocycles. The molecular formula is C11H18N2O4S. The molecule has 6 nitrogen and oxygen atoms in total. The molecule has 0 aliphatic carbocycles. The highest BCUT2D eigenvalue weighted by Crippen LogP contribution is 2.30. The first-order valence-corrected chi connectivity index (χ1v) is 7.19. The van der Waals surface area contributed by atoms with Crippen LogP contribution in [0.5, 0.6) is 0 Å². The van der Waals surface area contributed by atoms with E-state index in [0.717, 1.165) is 11.6 Å². The van der Waals surface area contributed by atoms with Crippen LogP contribution in [0.1, 0.15) is 12.8 Å². The number of rotatable bonds is 4. The first-order chi connectivity index (χ1) is 8.64. The van der Waals surface area contributed by atoms with Crippen LogP contribution in [0.15, 0.2) is 0 Å².